The first-order chi connectivity index (χ1) is 8.16. The van der Waals surface area contributed by atoms with Gasteiger partial charge in [-0.1, -0.05) is 0 Å². The summed E-state index contributed by atoms with van der Waals surface area (Å²) in [6.45, 7) is 4.40. The normalized spacial score (nSPS) is 19.0. The molecule has 17 heavy (non-hydrogen) atoms. The number of halogens is 2. The first-order valence-corrected chi connectivity index (χ1v) is 6.88. The van der Waals surface area contributed by atoms with E-state index in [-0.39, 0.29) is 5.82 Å². The summed E-state index contributed by atoms with van der Waals surface area (Å²) in [5.74, 6) is 0.477. The molecular weight excluding hydrogens is 283 g/mol. The van der Waals surface area contributed by atoms with Gasteiger partial charge in [-0.15, -0.1) is 0 Å². The third-order valence-electron chi connectivity index (χ3n) is 3.41. The van der Waals surface area contributed by atoms with Crippen molar-refractivity contribution in [3.63, 3.8) is 0 Å². The minimum atomic E-state index is -0.211. The van der Waals surface area contributed by atoms with Crippen LogP contribution in [0.1, 0.15) is 19.8 Å². The van der Waals surface area contributed by atoms with Gasteiger partial charge in [-0.25, -0.2) is 4.39 Å². The van der Waals surface area contributed by atoms with Crippen LogP contribution in [0, 0.1) is 11.7 Å². The van der Waals surface area contributed by atoms with Crippen molar-refractivity contribution >= 4 is 21.6 Å². The van der Waals surface area contributed by atoms with E-state index in [4.69, 9.17) is 0 Å². The van der Waals surface area contributed by atoms with Gasteiger partial charge in [-0.3, -0.25) is 0 Å². The Morgan fingerprint density at radius 2 is 2.12 bits per heavy atom. The largest absolute Gasteiger partial charge is 0.381 e. The summed E-state index contributed by atoms with van der Waals surface area (Å²) in [6, 6.07) is 5.19. The molecule has 1 aliphatic rings. The highest BCUT2D eigenvalue weighted by atomic mass is 79.9. The maximum absolute atomic E-state index is 13.0. The number of benzene rings is 1. The molecule has 1 aromatic rings. The van der Waals surface area contributed by atoms with Crippen molar-refractivity contribution in [2.45, 2.75) is 25.8 Å². The van der Waals surface area contributed by atoms with Gasteiger partial charge >= 0.3 is 0 Å². The first-order valence-electron chi connectivity index (χ1n) is 6.09. The lowest BCUT2D eigenvalue weighted by Crippen LogP contribution is -2.36. The minimum absolute atomic E-state index is 0.211. The molecule has 0 amide bonds. The molecule has 0 bridgehead atoms. The van der Waals surface area contributed by atoms with Crippen molar-refractivity contribution in [1.82, 2.24) is 5.32 Å². The molecule has 1 aliphatic heterocycles. The van der Waals surface area contributed by atoms with Crippen LogP contribution in [0.15, 0.2) is 22.7 Å². The lowest BCUT2D eigenvalue weighted by Gasteiger charge is -2.29. The molecule has 1 atom stereocenters. The molecule has 1 fully saturated rings. The standard InChI is InChI=1S/C13H18BrFN2/c1-9(10-4-6-16-7-5-10)17-13-3-2-11(15)8-12(13)14/h2-3,8-10,16-17H,4-7H2,1H3. The maximum Gasteiger partial charge on any atom is 0.124 e. The van der Waals surface area contributed by atoms with Crippen LogP contribution in [-0.2, 0) is 0 Å². The summed E-state index contributed by atoms with van der Waals surface area (Å²) in [5.41, 5.74) is 0.970. The molecule has 1 heterocycles. The van der Waals surface area contributed by atoms with Gasteiger partial charge < -0.3 is 10.6 Å². The van der Waals surface area contributed by atoms with Crippen molar-refractivity contribution in [3.05, 3.63) is 28.5 Å². The second-order valence-electron chi connectivity index (χ2n) is 4.64. The number of anilines is 1. The fraction of sp³-hybridized carbons (Fsp3) is 0.538. The molecule has 2 rings (SSSR count). The van der Waals surface area contributed by atoms with Gasteiger partial charge in [0.25, 0.3) is 0 Å². The Morgan fingerprint density at radius 1 is 1.41 bits per heavy atom. The van der Waals surface area contributed by atoms with Crippen LogP contribution in [0.4, 0.5) is 10.1 Å². The Balaban J connectivity index is 1.99. The highest BCUT2D eigenvalue weighted by Gasteiger charge is 2.20. The van der Waals surface area contributed by atoms with E-state index in [1.807, 2.05) is 0 Å². The van der Waals surface area contributed by atoms with Crippen LogP contribution in [0.25, 0.3) is 0 Å². The van der Waals surface area contributed by atoms with Gasteiger partial charge in [0, 0.05) is 16.2 Å². The summed E-state index contributed by atoms with van der Waals surface area (Å²) in [4.78, 5) is 0. The highest BCUT2D eigenvalue weighted by molar-refractivity contribution is 9.10. The van der Waals surface area contributed by atoms with E-state index >= 15 is 0 Å². The van der Waals surface area contributed by atoms with Crippen molar-refractivity contribution in [2.24, 2.45) is 5.92 Å². The van der Waals surface area contributed by atoms with Crippen LogP contribution in [-0.4, -0.2) is 19.1 Å². The Labute approximate surface area is 110 Å². The predicted octanol–water partition coefficient (Wildman–Crippen LogP) is 3.39. The average Bonchev–Trinajstić information content (AvgIpc) is 2.34. The molecule has 2 N–H and O–H groups in total. The number of piperidine rings is 1. The highest BCUT2D eigenvalue weighted by Crippen LogP contribution is 2.26. The van der Waals surface area contributed by atoms with E-state index in [0.29, 0.717) is 12.0 Å². The molecule has 2 nitrogen and oxygen atoms in total. The average molecular weight is 301 g/mol. The lowest BCUT2D eigenvalue weighted by molar-refractivity contribution is 0.343. The van der Waals surface area contributed by atoms with Gasteiger partial charge in [-0.2, -0.15) is 0 Å². The molecule has 4 heteroatoms. The van der Waals surface area contributed by atoms with Gasteiger partial charge in [0.05, 0.1) is 0 Å². The van der Waals surface area contributed by atoms with E-state index in [1.165, 1.54) is 25.0 Å². The molecular formula is C13H18BrFN2. The van der Waals surface area contributed by atoms with Crippen LogP contribution in [0.2, 0.25) is 0 Å². The van der Waals surface area contributed by atoms with Crippen LogP contribution in [0.3, 0.4) is 0 Å². The second-order valence-corrected chi connectivity index (χ2v) is 5.50. The third-order valence-corrected chi connectivity index (χ3v) is 4.06. The van der Waals surface area contributed by atoms with Gasteiger partial charge in [0.2, 0.25) is 0 Å². The van der Waals surface area contributed by atoms with Crippen molar-refractivity contribution < 1.29 is 4.39 Å². The van der Waals surface area contributed by atoms with Gasteiger partial charge in [0.15, 0.2) is 0 Å². The Morgan fingerprint density at radius 3 is 2.76 bits per heavy atom. The van der Waals surface area contributed by atoms with Gasteiger partial charge in [-0.05, 0) is 72.9 Å². The van der Waals surface area contributed by atoms with E-state index < -0.39 is 0 Å². The fourth-order valence-electron chi connectivity index (χ4n) is 2.31. The summed E-state index contributed by atoms with van der Waals surface area (Å²) < 4.78 is 13.8. The van der Waals surface area contributed by atoms with Crippen molar-refractivity contribution in [1.29, 1.82) is 0 Å². The van der Waals surface area contributed by atoms with Crippen LogP contribution in [0.5, 0.6) is 0 Å². The zero-order valence-electron chi connectivity index (χ0n) is 9.97. The fourth-order valence-corrected chi connectivity index (χ4v) is 2.78. The van der Waals surface area contributed by atoms with E-state index in [2.05, 4.69) is 33.5 Å². The smallest absolute Gasteiger partial charge is 0.124 e. The van der Waals surface area contributed by atoms with Crippen LogP contribution >= 0.6 is 15.9 Å². The van der Waals surface area contributed by atoms with Gasteiger partial charge in [0.1, 0.15) is 5.82 Å². The molecule has 1 unspecified atom stereocenters. The number of rotatable bonds is 3. The monoisotopic (exact) mass is 300 g/mol. The van der Waals surface area contributed by atoms with Crippen molar-refractivity contribution in [2.75, 3.05) is 18.4 Å². The SMILES string of the molecule is CC(Nc1ccc(F)cc1Br)C1CCNCC1. The van der Waals surface area contributed by atoms with E-state index in [1.54, 1.807) is 6.07 Å². The summed E-state index contributed by atoms with van der Waals surface area (Å²) >= 11 is 3.38. The van der Waals surface area contributed by atoms with E-state index in [9.17, 15) is 4.39 Å². The summed E-state index contributed by atoms with van der Waals surface area (Å²) in [5, 5.41) is 6.83. The minimum Gasteiger partial charge on any atom is -0.381 e. The Hall–Kier alpha value is -0.610. The number of hydrogen-bond acceptors (Lipinski definition) is 2. The molecule has 94 valence electrons. The molecule has 1 saturated heterocycles. The molecule has 1 aromatic carbocycles. The van der Waals surface area contributed by atoms with Crippen LogP contribution < -0.4 is 10.6 Å². The Kier molecular flexibility index (Phi) is 4.40. The predicted molar refractivity (Wildman–Crippen MR) is 72.8 cm³/mol. The van der Waals surface area contributed by atoms with Crippen molar-refractivity contribution in [3.8, 4) is 0 Å². The number of hydrogen-bond donors (Lipinski definition) is 2. The third kappa shape index (κ3) is 3.42. The topological polar surface area (TPSA) is 24.1 Å². The Bertz CT molecular complexity index is 378. The summed E-state index contributed by atoms with van der Waals surface area (Å²) in [6.07, 6.45) is 2.40. The molecule has 0 aromatic heterocycles. The first kappa shape index (κ1) is 12.8. The van der Waals surface area contributed by atoms with E-state index in [0.717, 1.165) is 23.2 Å². The molecule has 0 aliphatic carbocycles. The lowest BCUT2D eigenvalue weighted by atomic mass is 9.91. The maximum atomic E-state index is 13.0. The quantitative estimate of drug-likeness (QED) is 0.894. The number of nitrogens with one attached hydrogen (secondary N) is 2. The summed E-state index contributed by atoms with van der Waals surface area (Å²) in [7, 11) is 0. The zero-order valence-corrected chi connectivity index (χ0v) is 11.6. The molecule has 0 spiro atoms. The second kappa shape index (κ2) is 5.83. The molecule has 0 saturated carbocycles. The molecule has 0 radical (unpaired) electrons. The zero-order chi connectivity index (χ0) is 12.3.